The van der Waals surface area contributed by atoms with E-state index in [9.17, 15) is 14.7 Å². The second-order valence-corrected chi connectivity index (χ2v) is 7.56. The van der Waals surface area contributed by atoms with Gasteiger partial charge in [0, 0.05) is 21.7 Å². The van der Waals surface area contributed by atoms with Gasteiger partial charge in [-0.05, 0) is 42.0 Å². The first-order valence-electron chi connectivity index (χ1n) is 8.37. The number of phenolic OH excluding ortho intramolecular Hbond substituents is 1. The maximum Gasteiger partial charge on any atom is 0.412 e. The van der Waals surface area contributed by atoms with Gasteiger partial charge in [-0.1, -0.05) is 48.0 Å². The number of ether oxygens (including phenoxy) is 1. The van der Waals surface area contributed by atoms with E-state index in [0.29, 0.717) is 11.3 Å². The number of phenols is 1. The van der Waals surface area contributed by atoms with Crippen molar-refractivity contribution in [1.29, 1.82) is 0 Å². The van der Waals surface area contributed by atoms with Crippen molar-refractivity contribution < 1.29 is 24.6 Å². The number of hydroxylamine groups is 1. The van der Waals surface area contributed by atoms with Crippen LogP contribution in [0.25, 0.3) is 0 Å². The van der Waals surface area contributed by atoms with Gasteiger partial charge in [0.25, 0.3) is 5.91 Å². The molecule has 0 unspecified atom stereocenters. The Morgan fingerprint density at radius 3 is 2.29 bits per heavy atom. The lowest BCUT2D eigenvalue weighted by Crippen LogP contribution is -2.28. The van der Waals surface area contributed by atoms with Crippen LogP contribution in [0.4, 0.5) is 10.5 Å². The number of amides is 2. The van der Waals surface area contributed by atoms with Gasteiger partial charge in [0.15, 0.2) is 0 Å². The first-order chi connectivity index (χ1) is 13.2. The predicted molar refractivity (Wildman–Crippen MR) is 108 cm³/mol. The summed E-state index contributed by atoms with van der Waals surface area (Å²) in [5, 5.41) is 20.9. The molecule has 0 fully saturated rings. The molecule has 0 saturated carbocycles. The Hall–Kier alpha value is -2.84. The number of hydrogen-bond donors (Lipinski definition) is 4. The van der Waals surface area contributed by atoms with Crippen molar-refractivity contribution >= 4 is 33.6 Å². The molecule has 0 heterocycles. The number of benzene rings is 2. The molecule has 2 amide bonds. The van der Waals surface area contributed by atoms with Crippen molar-refractivity contribution in [2.24, 2.45) is 5.41 Å². The molecule has 148 valence electrons. The van der Waals surface area contributed by atoms with Crippen LogP contribution in [0, 0.1) is 5.41 Å². The van der Waals surface area contributed by atoms with Crippen molar-refractivity contribution in [3.63, 3.8) is 0 Å². The molecule has 7 nitrogen and oxygen atoms in total. The maximum atomic E-state index is 12.5. The molecule has 0 bridgehead atoms. The summed E-state index contributed by atoms with van der Waals surface area (Å²) in [7, 11) is 0. The van der Waals surface area contributed by atoms with E-state index in [1.165, 1.54) is 23.7 Å². The van der Waals surface area contributed by atoms with E-state index in [-0.39, 0.29) is 5.75 Å². The fourth-order valence-electron chi connectivity index (χ4n) is 2.50. The van der Waals surface area contributed by atoms with E-state index < -0.39 is 23.5 Å². The molecule has 2 aromatic rings. The van der Waals surface area contributed by atoms with E-state index in [0.717, 1.165) is 10.5 Å². The molecule has 0 spiro atoms. The van der Waals surface area contributed by atoms with Crippen LogP contribution in [0.3, 0.4) is 0 Å². The highest BCUT2D eigenvalue weighted by Gasteiger charge is 2.32. The zero-order chi connectivity index (χ0) is 20.7. The molecular formula is C20H21BrN2O5. The lowest BCUT2D eigenvalue weighted by atomic mass is 9.82. The van der Waals surface area contributed by atoms with Crippen molar-refractivity contribution in [2.75, 3.05) is 5.32 Å². The molecule has 0 aliphatic carbocycles. The normalized spacial score (nSPS) is 12.4. The summed E-state index contributed by atoms with van der Waals surface area (Å²) in [6, 6.07) is 13.2. The highest BCUT2D eigenvalue weighted by atomic mass is 79.9. The van der Waals surface area contributed by atoms with E-state index in [4.69, 9.17) is 9.94 Å². The Bertz CT molecular complexity index is 848. The van der Waals surface area contributed by atoms with Crippen LogP contribution in [0.15, 0.2) is 65.2 Å². The number of rotatable bonds is 6. The minimum Gasteiger partial charge on any atom is -0.508 e. The van der Waals surface area contributed by atoms with Crippen LogP contribution in [-0.2, 0) is 9.53 Å². The van der Waals surface area contributed by atoms with Gasteiger partial charge in [-0.15, -0.1) is 0 Å². The van der Waals surface area contributed by atoms with Crippen LogP contribution in [0.5, 0.6) is 5.75 Å². The standard InChI is InChI=1S/C20H21BrN2O5/c1-20(2,12-11-17(25)23-27)18(13-3-9-16(24)10-4-13)28-19(26)22-15-7-5-14(21)6-8-15/h3-12,18,24,27H,1-2H3,(H,22,26)(H,23,25)/b12-11+/t18-/m1/s1. The molecule has 28 heavy (non-hydrogen) atoms. The van der Waals surface area contributed by atoms with Gasteiger partial charge in [0.05, 0.1) is 0 Å². The zero-order valence-corrected chi connectivity index (χ0v) is 16.9. The molecule has 0 aliphatic heterocycles. The average molecular weight is 449 g/mol. The fourth-order valence-corrected chi connectivity index (χ4v) is 2.77. The SMILES string of the molecule is CC(C)(/C=C/C(=O)NO)[C@H](OC(=O)Nc1ccc(Br)cc1)c1ccc(O)cc1. The van der Waals surface area contributed by atoms with Gasteiger partial charge >= 0.3 is 6.09 Å². The molecule has 8 heteroatoms. The largest absolute Gasteiger partial charge is 0.508 e. The Kier molecular flexibility index (Phi) is 7.19. The van der Waals surface area contributed by atoms with E-state index >= 15 is 0 Å². The number of carbonyl (C=O) groups is 2. The highest BCUT2D eigenvalue weighted by molar-refractivity contribution is 9.10. The lowest BCUT2D eigenvalue weighted by molar-refractivity contribution is -0.124. The molecular weight excluding hydrogens is 428 g/mol. The monoisotopic (exact) mass is 448 g/mol. The molecule has 4 N–H and O–H groups in total. The maximum absolute atomic E-state index is 12.5. The van der Waals surface area contributed by atoms with E-state index in [1.807, 2.05) is 0 Å². The molecule has 1 atom stereocenters. The van der Waals surface area contributed by atoms with Crippen LogP contribution in [-0.4, -0.2) is 22.3 Å². The third-order valence-corrected chi connectivity index (χ3v) is 4.49. The minimum atomic E-state index is -0.805. The summed E-state index contributed by atoms with van der Waals surface area (Å²) in [6.45, 7) is 3.55. The van der Waals surface area contributed by atoms with Gasteiger partial charge in [0.2, 0.25) is 0 Å². The first-order valence-corrected chi connectivity index (χ1v) is 9.16. The molecule has 0 radical (unpaired) electrons. The number of nitrogens with one attached hydrogen (secondary N) is 2. The predicted octanol–water partition coefficient (Wildman–Crippen LogP) is 4.53. The molecule has 0 saturated heterocycles. The van der Waals surface area contributed by atoms with Gasteiger partial charge in [0.1, 0.15) is 11.9 Å². The van der Waals surface area contributed by atoms with E-state index in [1.54, 1.807) is 50.2 Å². The van der Waals surface area contributed by atoms with Gasteiger partial charge in [-0.3, -0.25) is 15.3 Å². The third kappa shape index (κ3) is 6.11. The second kappa shape index (κ2) is 9.38. The summed E-state index contributed by atoms with van der Waals surface area (Å²) >= 11 is 3.33. The Labute approximate surface area is 171 Å². The number of aromatic hydroxyl groups is 1. The number of halogens is 1. The van der Waals surface area contributed by atoms with Gasteiger partial charge in [-0.25, -0.2) is 10.3 Å². The first kappa shape index (κ1) is 21.5. The summed E-state index contributed by atoms with van der Waals surface area (Å²) in [5.41, 5.74) is 1.90. The molecule has 2 aromatic carbocycles. The van der Waals surface area contributed by atoms with Crippen LogP contribution >= 0.6 is 15.9 Å². The van der Waals surface area contributed by atoms with Crippen molar-refractivity contribution in [3.05, 3.63) is 70.7 Å². The number of anilines is 1. The topological polar surface area (TPSA) is 108 Å². The third-order valence-electron chi connectivity index (χ3n) is 3.96. The Morgan fingerprint density at radius 2 is 1.71 bits per heavy atom. The summed E-state index contributed by atoms with van der Waals surface area (Å²) in [6.07, 6.45) is 1.24. The van der Waals surface area contributed by atoms with Gasteiger partial charge < -0.3 is 9.84 Å². The number of carbonyl (C=O) groups excluding carboxylic acids is 2. The van der Waals surface area contributed by atoms with E-state index in [2.05, 4.69) is 21.2 Å². The van der Waals surface area contributed by atoms with Crippen molar-refractivity contribution in [3.8, 4) is 5.75 Å². The van der Waals surface area contributed by atoms with Crippen molar-refractivity contribution in [2.45, 2.75) is 20.0 Å². The minimum absolute atomic E-state index is 0.0785. The molecule has 0 aromatic heterocycles. The second-order valence-electron chi connectivity index (χ2n) is 6.64. The highest BCUT2D eigenvalue weighted by Crippen LogP contribution is 2.38. The smallest absolute Gasteiger partial charge is 0.412 e. The zero-order valence-electron chi connectivity index (χ0n) is 15.3. The fraction of sp³-hybridized carbons (Fsp3) is 0.200. The molecule has 0 aliphatic rings. The lowest BCUT2D eigenvalue weighted by Gasteiger charge is -2.31. The van der Waals surface area contributed by atoms with Crippen LogP contribution in [0.2, 0.25) is 0 Å². The Balaban J connectivity index is 2.25. The van der Waals surface area contributed by atoms with Crippen LogP contribution in [0.1, 0.15) is 25.5 Å². The van der Waals surface area contributed by atoms with Gasteiger partial charge in [-0.2, -0.15) is 0 Å². The summed E-state index contributed by atoms with van der Waals surface area (Å²) in [5.74, 6) is -0.619. The summed E-state index contributed by atoms with van der Waals surface area (Å²) in [4.78, 5) is 23.8. The van der Waals surface area contributed by atoms with Crippen molar-refractivity contribution in [1.82, 2.24) is 5.48 Å². The van der Waals surface area contributed by atoms with Crippen LogP contribution < -0.4 is 10.8 Å². The average Bonchev–Trinajstić information content (AvgIpc) is 2.67. The summed E-state index contributed by atoms with van der Waals surface area (Å²) < 4.78 is 6.53. The Morgan fingerprint density at radius 1 is 1.11 bits per heavy atom. The number of hydrogen-bond acceptors (Lipinski definition) is 5. The quantitative estimate of drug-likeness (QED) is 0.295. The molecule has 2 rings (SSSR count).